The second kappa shape index (κ2) is 45.4. The molecule has 0 aromatic heterocycles. The van der Waals surface area contributed by atoms with Crippen molar-refractivity contribution in [1.29, 1.82) is 0 Å². The summed E-state index contributed by atoms with van der Waals surface area (Å²) in [7, 11) is 0. The molecule has 4 aliphatic rings. The molecular formula is C108H104O24. The molecule has 132 heavy (non-hydrogen) atoms. The highest BCUT2D eigenvalue weighted by Gasteiger charge is 2.32. The number of rotatable bonds is 31. The zero-order chi connectivity index (χ0) is 96.8. The van der Waals surface area contributed by atoms with Crippen LogP contribution in [-0.2, 0) is 102 Å². The third-order valence-corrected chi connectivity index (χ3v) is 20.8. The summed E-state index contributed by atoms with van der Waals surface area (Å²) < 4.78 is 65.2. The Morgan fingerprint density at radius 2 is 0.515 bits per heavy atom. The Hall–Kier alpha value is -15.6. The monoisotopic (exact) mass is 1780 g/mol. The Morgan fingerprint density at radius 3 is 0.803 bits per heavy atom. The van der Waals surface area contributed by atoms with Crippen LogP contribution in [0.25, 0.3) is 44.5 Å². The molecule has 0 spiro atoms. The topological polar surface area (TPSA) is 316 Å². The van der Waals surface area contributed by atoms with Crippen molar-refractivity contribution in [2.75, 3.05) is 13.2 Å². The summed E-state index contributed by atoms with van der Waals surface area (Å²) in [5.74, 6) is -5.62. The maximum absolute atomic E-state index is 12.2. The number of hydrogen-bond donors (Lipinski definition) is 0. The van der Waals surface area contributed by atoms with E-state index in [1.165, 1.54) is 67.0 Å². The third kappa shape index (κ3) is 26.8. The number of ether oxygens (including phenoxy) is 12. The van der Waals surface area contributed by atoms with Crippen LogP contribution in [0.3, 0.4) is 0 Å². The van der Waals surface area contributed by atoms with Gasteiger partial charge in [-0.05, 0) is 282 Å². The van der Waals surface area contributed by atoms with Crippen LogP contribution < -0.4 is 37.9 Å². The molecule has 680 valence electrons. The smallest absolute Gasteiger partial charge is 0.338 e. The Bertz CT molecular complexity index is 6170. The highest BCUT2D eigenvalue weighted by atomic mass is 16.6. The van der Waals surface area contributed by atoms with E-state index >= 15 is 0 Å². The SMILES string of the molecule is C=C(C)C(=O)OCC1CCc2ccc(-c3ccc(OC(=O)C(=C)C)c(OC(=O)C(=C)C)c3)cc21.C=C(C)C(=O)Oc1ccc(-c2ccc3c(c2)C(OC(=O)C(=C)C)CC3)cc1OC(=O)C(=C)C.C=CC(=O)COC1CCc2ccc(-c3ccc(OC(=O)C(=C)C)c(OC(=O)C(=C)C)c3)cc21.C=CC(=O)OC1CCc2ccc(-c3ccc(OC(=O)C(=C)C)c(OC(=O)C(=C)C)c3)cc21. The van der Waals surface area contributed by atoms with E-state index in [9.17, 15) is 57.5 Å². The summed E-state index contributed by atoms with van der Waals surface area (Å²) in [6, 6.07) is 43.7. The Balaban J connectivity index is 0.000000198. The van der Waals surface area contributed by atoms with Gasteiger partial charge in [0.15, 0.2) is 51.8 Å². The first-order valence-electron chi connectivity index (χ1n) is 41.9. The standard InChI is InChI=1S/C28H28O6.2C27H26O6.C26H24O6/c1-16(2)26(29)32-15-22-10-8-19-7-9-20(13-23(19)22)21-11-12-24(33-27(30)17(3)4)25(14-21)34-28(31)18(5)6;1-15(2)25(28)31-22-11-9-18-7-8-19(13-21(18)22)20-10-12-23(32-26(29)16(3)4)24(14-20)33-27(30)17(5)6;1-6-21(28)15-31-23-11-9-18-7-8-19(13-22(18)23)20-10-12-24(32-26(29)16(2)3)25(14-20)33-27(30)17(4)5;1-6-24(27)30-21-11-9-17-7-8-18(13-20(17)21)19-10-12-22(31-25(28)15(2)3)23(14-19)32-26(29)16(4)5/h7,9,11-14,22H,1,3,5,8,10,15H2,2,4,6H3;7-8,10,12-14,22H,1,3,5,9,11H2,2,4,6H3;6-8,10,12-14,23H,1-2,4,9,11,15H2,3,5H3;6-8,10,12-14,21H,1-2,4,9,11H2,3,5H3. The van der Waals surface area contributed by atoms with E-state index < -0.39 is 65.7 Å². The number of esters is 11. The fraction of sp³-hybridized carbons (Fsp3) is 0.222. The fourth-order valence-electron chi connectivity index (χ4n) is 13.6. The number of hydrogen-bond acceptors (Lipinski definition) is 24. The molecule has 0 amide bonds. The molecule has 0 bridgehead atoms. The maximum Gasteiger partial charge on any atom is 0.338 e. The Labute approximate surface area is 767 Å². The molecule has 0 fully saturated rings. The molecule has 0 aliphatic heterocycles. The average molecular weight is 1790 g/mol. The molecule has 12 rings (SSSR count). The average Bonchev–Trinajstić information content (AvgIpc) is 1.60. The number of ketones is 1. The van der Waals surface area contributed by atoms with Gasteiger partial charge < -0.3 is 56.8 Å². The van der Waals surface area contributed by atoms with Gasteiger partial charge in [-0.25, -0.2) is 52.7 Å². The molecule has 8 aromatic rings. The van der Waals surface area contributed by atoms with Crippen molar-refractivity contribution in [2.45, 2.75) is 145 Å². The minimum absolute atomic E-state index is 0.0123. The summed E-state index contributed by atoms with van der Waals surface area (Å²) in [5, 5.41) is 0. The van der Waals surface area contributed by atoms with Crippen molar-refractivity contribution in [3.8, 4) is 90.5 Å². The van der Waals surface area contributed by atoms with Gasteiger partial charge in [-0.1, -0.05) is 158 Å². The minimum Gasteiger partial charge on any atom is -0.462 e. The second-order valence-electron chi connectivity index (χ2n) is 32.2. The van der Waals surface area contributed by atoms with Crippen LogP contribution in [-0.4, -0.2) is 84.7 Å². The zero-order valence-electron chi connectivity index (χ0n) is 75.7. The Kier molecular flexibility index (Phi) is 34.5. The van der Waals surface area contributed by atoms with Crippen molar-refractivity contribution in [1.82, 2.24) is 0 Å². The van der Waals surface area contributed by atoms with Crippen LogP contribution in [0.1, 0.15) is 164 Å². The normalized spacial score (nSPS) is 14.1. The molecule has 4 unspecified atom stereocenters. The second-order valence-corrected chi connectivity index (χ2v) is 32.2. The van der Waals surface area contributed by atoms with Crippen LogP contribution >= 0.6 is 0 Å². The van der Waals surface area contributed by atoms with Gasteiger partial charge in [0.2, 0.25) is 0 Å². The van der Waals surface area contributed by atoms with Crippen molar-refractivity contribution in [3.63, 3.8) is 0 Å². The Morgan fingerprint density at radius 1 is 0.273 bits per heavy atom. The van der Waals surface area contributed by atoms with Crippen LogP contribution in [0.5, 0.6) is 46.0 Å². The molecule has 4 aliphatic carbocycles. The molecule has 24 nitrogen and oxygen atoms in total. The van der Waals surface area contributed by atoms with E-state index in [1.54, 1.807) is 86.6 Å². The van der Waals surface area contributed by atoms with Crippen LogP contribution in [0.2, 0.25) is 0 Å². The summed E-state index contributed by atoms with van der Waals surface area (Å²) in [6.07, 6.45) is 8.00. The number of fused-ring (bicyclic) bond motifs is 4. The lowest BCUT2D eigenvalue weighted by atomic mass is 9.96. The van der Waals surface area contributed by atoms with Gasteiger partial charge in [0.1, 0.15) is 18.8 Å². The maximum atomic E-state index is 12.2. The number of benzene rings is 8. The lowest BCUT2D eigenvalue weighted by molar-refractivity contribution is -0.145. The lowest BCUT2D eigenvalue weighted by Crippen LogP contribution is -2.13. The summed E-state index contributed by atoms with van der Waals surface area (Å²) in [4.78, 5) is 144. The summed E-state index contributed by atoms with van der Waals surface area (Å²) >= 11 is 0. The van der Waals surface area contributed by atoms with E-state index in [-0.39, 0.29) is 127 Å². The van der Waals surface area contributed by atoms with Gasteiger partial charge >= 0.3 is 65.7 Å². The summed E-state index contributed by atoms with van der Waals surface area (Å²) in [6.45, 7) is 58.6. The molecule has 8 aromatic carbocycles. The first kappa shape index (κ1) is 100. The van der Waals surface area contributed by atoms with Gasteiger partial charge in [-0.3, -0.25) is 4.79 Å². The lowest BCUT2D eigenvalue weighted by Gasteiger charge is -2.15. The number of carbonyl (C=O) groups is 12. The first-order chi connectivity index (χ1) is 62.5. The van der Waals surface area contributed by atoms with Gasteiger partial charge in [0.25, 0.3) is 0 Å². The quantitative estimate of drug-likeness (QED) is 0.0169. The third-order valence-electron chi connectivity index (χ3n) is 20.8. The highest BCUT2D eigenvalue weighted by Crippen LogP contribution is 2.45. The van der Waals surface area contributed by atoms with E-state index in [4.69, 9.17) is 56.8 Å². The molecular weight excluding hydrogens is 1680 g/mol. The van der Waals surface area contributed by atoms with Crippen LogP contribution in [0, 0.1) is 0 Å². The van der Waals surface area contributed by atoms with Crippen molar-refractivity contribution in [2.24, 2.45) is 0 Å². The fourth-order valence-corrected chi connectivity index (χ4v) is 13.6. The molecule has 0 N–H and O–H groups in total. The highest BCUT2D eigenvalue weighted by molar-refractivity contribution is 5.96. The molecule has 0 saturated heterocycles. The van der Waals surface area contributed by atoms with Crippen molar-refractivity contribution < 1.29 is 114 Å². The molecule has 0 saturated carbocycles. The zero-order valence-corrected chi connectivity index (χ0v) is 75.7. The predicted octanol–water partition coefficient (Wildman–Crippen LogP) is 21.0. The molecule has 0 heterocycles. The van der Waals surface area contributed by atoms with Gasteiger partial charge in [-0.2, -0.15) is 0 Å². The number of carbonyl (C=O) groups excluding carboxylic acids is 12. The minimum atomic E-state index is -0.639. The van der Waals surface area contributed by atoms with Crippen LogP contribution in [0.4, 0.5) is 0 Å². The van der Waals surface area contributed by atoms with Gasteiger partial charge in [0, 0.05) is 67.7 Å². The van der Waals surface area contributed by atoms with E-state index in [2.05, 4.69) is 91.1 Å². The first-order valence-corrected chi connectivity index (χ1v) is 41.9. The summed E-state index contributed by atoms with van der Waals surface area (Å²) in [5.41, 5.74) is 17.4. The van der Waals surface area contributed by atoms with Crippen molar-refractivity contribution in [3.05, 3.63) is 337 Å². The molecule has 0 radical (unpaired) electrons. The molecule has 4 atom stereocenters. The van der Waals surface area contributed by atoms with Crippen molar-refractivity contribution >= 4 is 71.4 Å². The largest absolute Gasteiger partial charge is 0.462 e. The number of aryl methyl sites for hydroxylation is 4. The molecule has 24 heteroatoms. The van der Waals surface area contributed by atoms with Crippen LogP contribution in [0.15, 0.2) is 292 Å². The predicted molar refractivity (Wildman–Crippen MR) is 499 cm³/mol. The van der Waals surface area contributed by atoms with E-state index in [0.29, 0.717) is 30.6 Å². The van der Waals surface area contributed by atoms with Gasteiger partial charge in [0.05, 0.1) is 12.7 Å². The van der Waals surface area contributed by atoms with Gasteiger partial charge in [-0.15, -0.1) is 0 Å². The van der Waals surface area contributed by atoms with E-state index in [0.717, 1.165) is 128 Å². The van der Waals surface area contributed by atoms with E-state index in [1.807, 2.05) is 60.7 Å².